The van der Waals surface area contributed by atoms with Crippen LogP contribution in [0.4, 0.5) is 4.79 Å². The van der Waals surface area contributed by atoms with Crippen LogP contribution >= 0.6 is 11.3 Å². The summed E-state index contributed by atoms with van der Waals surface area (Å²) in [4.78, 5) is 50.4. The number of piperazine rings is 1. The quantitative estimate of drug-likeness (QED) is 0.359. The Morgan fingerprint density at radius 1 is 1.07 bits per heavy atom. The van der Waals surface area contributed by atoms with Crippen LogP contribution in [0.15, 0.2) is 78.3 Å². The molecule has 2 saturated heterocycles. The smallest absolute Gasteiger partial charge is 0.334 e. The molecule has 0 saturated carbocycles. The fourth-order valence-corrected chi connectivity index (χ4v) is 6.55. The Kier molecular flexibility index (Phi) is 7.53. The van der Waals surface area contributed by atoms with Crippen LogP contribution in [0.1, 0.15) is 22.9 Å². The molecule has 2 N–H and O–H groups in total. The third-order valence-corrected chi connectivity index (χ3v) is 8.85. The third kappa shape index (κ3) is 5.28. The van der Waals surface area contributed by atoms with Gasteiger partial charge in [0.1, 0.15) is 18.0 Å². The van der Waals surface area contributed by atoms with Gasteiger partial charge in [0, 0.05) is 36.5 Å². The molecule has 42 heavy (non-hydrogen) atoms. The number of nitrogens with one attached hydrogen (secondary N) is 1. The highest BCUT2D eigenvalue weighted by atomic mass is 32.1. The van der Waals surface area contributed by atoms with Crippen molar-refractivity contribution in [3.63, 3.8) is 0 Å². The van der Waals surface area contributed by atoms with Gasteiger partial charge in [-0.25, -0.2) is 14.8 Å². The number of rotatable bonds is 6. The van der Waals surface area contributed by atoms with Gasteiger partial charge in [0.05, 0.1) is 24.6 Å². The van der Waals surface area contributed by atoms with Gasteiger partial charge in [0.25, 0.3) is 0 Å². The molecule has 2 aromatic carbocycles. The molecule has 3 atom stereocenters. The minimum absolute atomic E-state index is 0.0350. The Hall–Kier alpha value is -4.48. The first-order chi connectivity index (χ1) is 20.3. The number of benzene rings is 2. The zero-order valence-corrected chi connectivity index (χ0v) is 24.2. The zero-order valence-electron chi connectivity index (χ0n) is 23.4. The van der Waals surface area contributed by atoms with E-state index in [0.29, 0.717) is 13.1 Å². The number of thiophene rings is 1. The number of pyridine rings is 1. The van der Waals surface area contributed by atoms with Crippen LogP contribution in [0.25, 0.3) is 10.9 Å². The second kappa shape index (κ2) is 11.4. The summed E-state index contributed by atoms with van der Waals surface area (Å²) in [5.41, 5.74) is 2.59. The van der Waals surface area contributed by atoms with Gasteiger partial charge in [-0.3, -0.25) is 14.6 Å². The molecule has 2 fully saturated rings. The molecule has 2 aromatic heterocycles. The molecule has 4 amide bonds. The summed E-state index contributed by atoms with van der Waals surface area (Å²) in [6.07, 6.45) is 1.28. The lowest BCUT2D eigenvalue weighted by atomic mass is 9.94. The van der Waals surface area contributed by atoms with E-state index in [1.54, 1.807) is 68.7 Å². The number of fused-ring (bicyclic) bond motifs is 2. The van der Waals surface area contributed by atoms with Crippen molar-refractivity contribution in [2.75, 3.05) is 13.6 Å². The number of hydrogen-bond acceptors (Lipinski definition) is 7. The highest BCUT2D eigenvalue weighted by Crippen LogP contribution is 2.33. The van der Waals surface area contributed by atoms with Gasteiger partial charge in [-0.2, -0.15) is 0 Å². The number of carbonyl (C=O) groups excluding carboxylic acids is 3. The highest BCUT2D eigenvalue weighted by Gasteiger charge is 2.54. The van der Waals surface area contributed by atoms with Crippen molar-refractivity contribution in [3.8, 4) is 5.75 Å². The molecule has 0 spiro atoms. The van der Waals surface area contributed by atoms with Crippen molar-refractivity contribution < 1.29 is 19.5 Å². The molecular formula is C31H32N6O4S. The highest BCUT2D eigenvalue weighted by molar-refractivity contribution is 7.09. The van der Waals surface area contributed by atoms with E-state index in [1.165, 1.54) is 0 Å². The Labute approximate surface area is 247 Å². The Balaban J connectivity index is 1.36. The van der Waals surface area contributed by atoms with Crippen molar-refractivity contribution in [3.05, 3.63) is 94.3 Å². The number of aromatic hydroxyl groups is 1. The minimum atomic E-state index is -0.827. The van der Waals surface area contributed by atoms with Crippen molar-refractivity contribution in [1.82, 2.24) is 30.1 Å². The number of phenols is 1. The molecule has 1 unspecified atom stereocenters. The first-order valence-corrected chi connectivity index (χ1v) is 14.7. The van der Waals surface area contributed by atoms with Gasteiger partial charge < -0.3 is 20.2 Å². The summed E-state index contributed by atoms with van der Waals surface area (Å²) in [5, 5.41) is 18.9. The standard InChI is InChI=1S/C31H32N6O4S/c1-20-29-36(28(39)19-34(2)37(29)31(41)33-17-25-6-4-14-42-25)27(16-21-7-10-24(38)11-8-21)30(40)35(20)18-22-9-12-26-23(15-22)5-3-13-32-26/h3-15,20,27,29,38H,16-19H2,1-2H3,(H,33,41)/t20-,27-,29?/m0/s1. The lowest BCUT2D eigenvalue weighted by molar-refractivity contribution is -0.196. The van der Waals surface area contributed by atoms with Crippen LogP contribution in [0.3, 0.4) is 0 Å². The molecule has 0 radical (unpaired) electrons. The summed E-state index contributed by atoms with van der Waals surface area (Å²) in [5.74, 6) is -0.280. The summed E-state index contributed by atoms with van der Waals surface area (Å²) in [7, 11) is 1.72. The van der Waals surface area contributed by atoms with Crippen molar-refractivity contribution in [2.45, 2.75) is 44.7 Å². The van der Waals surface area contributed by atoms with Crippen LogP contribution in [-0.4, -0.2) is 79.6 Å². The molecular weight excluding hydrogens is 552 g/mol. The molecule has 6 rings (SSSR count). The fraction of sp³-hybridized carbons (Fsp3) is 0.290. The SMILES string of the molecule is C[C@H]1C2N(C(=O)CN(C)N2C(=O)NCc2cccs2)[C@@H](Cc2ccc(O)cc2)C(=O)N1Cc1ccc2ncccc2c1. The normalized spacial score (nSPS) is 21.1. The number of phenolic OH excluding ortho intramolecular Hbond substituents is 1. The number of amides is 4. The van der Waals surface area contributed by atoms with E-state index in [9.17, 15) is 19.5 Å². The van der Waals surface area contributed by atoms with Crippen molar-refractivity contribution >= 4 is 40.1 Å². The first-order valence-electron chi connectivity index (χ1n) is 13.8. The van der Waals surface area contributed by atoms with E-state index in [0.717, 1.165) is 26.9 Å². The lowest BCUT2D eigenvalue weighted by Crippen LogP contribution is -2.78. The number of hydrazine groups is 1. The fourth-order valence-electron chi connectivity index (χ4n) is 5.90. The van der Waals surface area contributed by atoms with E-state index in [-0.39, 0.29) is 36.6 Å². The van der Waals surface area contributed by atoms with Crippen LogP contribution in [-0.2, 0) is 29.1 Å². The van der Waals surface area contributed by atoms with Gasteiger partial charge in [-0.05, 0) is 59.8 Å². The van der Waals surface area contributed by atoms with Crippen molar-refractivity contribution in [1.29, 1.82) is 0 Å². The molecule has 2 aliphatic rings. The van der Waals surface area contributed by atoms with Crippen molar-refractivity contribution in [2.24, 2.45) is 0 Å². The van der Waals surface area contributed by atoms with Crippen LogP contribution < -0.4 is 5.32 Å². The second-order valence-electron chi connectivity index (χ2n) is 10.7. The average Bonchev–Trinajstić information content (AvgIpc) is 3.51. The predicted molar refractivity (Wildman–Crippen MR) is 159 cm³/mol. The van der Waals surface area contributed by atoms with Gasteiger partial charge in [-0.1, -0.05) is 30.3 Å². The van der Waals surface area contributed by atoms with E-state index < -0.39 is 18.2 Å². The maximum absolute atomic E-state index is 14.3. The van der Waals surface area contributed by atoms with Crippen LogP contribution in [0.2, 0.25) is 0 Å². The number of aromatic nitrogens is 1. The van der Waals surface area contributed by atoms with E-state index in [1.807, 2.05) is 54.8 Å². The van der Waals surface area contributed by atoms with E-state index in [2.05, 4.69) is 10.3 Å². The summed E-state index contributed by atoms with van der Waals surface area (Å²) in [6.45, 7) is 2.53. The van der Waals surface area contributed by atoms with Gasteiger partial charge >= 0.3 is 6.03 Å². The number of urea groups is 1. The molecule has 216 valence electrons. The number of likely N-dealkylation sites (N-methyl/N-ethyl adjacent to an activating group) is 1. The maximum Gasteiger partial charge on any atom is 0.334 e. The number of hydrogen-bond donors (Lipinski definition) is 2. The Bertz CT molecular complexity index is 1610. The molecule has 10 nitrogen and oxygen atoms in total. The second-order valence-corrected chi connectivity index (χ2v) is 11.8. The average molecular weight is 585 g/mol. The minimum Gasteiger partial charge on any atom is -0.508 e. The topological polar surface area (TPSA) is 109 Å². The Morgan fingerprint density at radius 3 is 2.62 bits per heavy atom. The molecule has 4 aromatic rings. The lowest BCUT2D eigenvalue weighted by Gasteiger charge is -2.57. The number of carbonyl (C=O) groups is 3. The summed E-state index contributed by atoms with van der Waals surface area (Å²) < 4.78 is 0. The molecule has 4 heterocycles. The van der Waals surface area contributed by atoms with Gasteiger partial charge in [0.15, 0.2) is 0 Å². The predicted octanol–water partition coefficient (Wildman–Crippen LogP) is 3.57. The van der Waals surface area contributed by atoms with Gasteiger partial charge in [0.2, 0.25) is 11.8 Å². The third-order valence-electron chi connectivity index (χ3n) is 7.97. The molecule has 0 bridgehead atoms. The largest absolute Gasteiger partial charge is 0.508 e. The zero-order chi connectivity index (χ0) is 29.4. The summed E-state index contributed by atoms with van der Waals surface area (Å²) >= 11 is 1.55. The van der Waals surface area contributed by atoms with E-state index >= 15 is 0 Å². The van der Waals surface area contributed by atoms with E-state index in [4.69, 9.17) is 0 Å². The molecule has 0 aliphatic carbocycles. The molecule has 2 aliphatic heterocycles. The Morgan fingerprint density at radius 2 is 1.86 bits per heavy atom. The van der Waals surface area contributed by atoms with Crippen LogP contribution in [0.5, 0.6) is 5.75 Å². The summed E-state index contributed by atoms with van der Waals surface area (Å²) in [6, 6.07) is 18.6. The maximum atomic E-state index is 14.3. The number of nitrogens with zero attached hydrogens (tertiary/aromatic N) is 5. The monoisotopic (exact) mass is 584 g/mol. The van der Waals surface area contributed by atoms with Crippen LogP contribution in [0, 0.1) is 0 Å². The first kappa shape index (κ1) is 27.7. The molecule has 11 heteroatoms. The van der Waals surface area contributed by atoms with Gasteiger partial charge in [-0.15, -0.1) is 11.3 Å².